The van der Waals surface area contributed by atoms with E-state index in [2.05, 4.69) is 31.3 Å². The highest BCUT2D eigenvalue weighted by Crippen LogP contribution is 2.18. The van der Waals surface area contributed by atoms with E-state index >= 15 is 0 Å². The molecule has 0 radical (unpaired) electrons. The summed E-state index contributed by atoms with van der Waals surface area (Å²) in [5, 5.41) is 2.90. The Labute approximate surface area is 149 Å². The molecule has 0 saturated heterocycles. The Balaban J connectivity index is 1.99. The van der Waals surface area contributed by atoms with Crippen LogP contribution in [0.25, 0.3) is 0 Å². The summed E-state index contributed by atoms with van der Waals surface area (Å²) in [5.74, 6) is 0.151. The topological polar surface area (TPSA) is 55.4 Å². The fourth-order valence-corrected chi connectivity index (χ4v) is 2.69. The molecule has 25 heavy (non-hydrogen) atoms. The molecule has 0 aliphatic rings. The van der Waals surface area contributed by atoms with Crippen LogP contribution in [-0.2, 0) is 22.4 Å². The molecule has 1 N–H and O–H groups in total. The molecular formula is C21H25NO3. The minimum absolute atomic E-state index is 0.0782. The van der Waals surface area contributed by atoms with Crippen molar-refractivity contribution >= 4 is 17.6 Å². The molecule has 0 saturated carbocycles. The molecule has 0 aliphatic heterocycles. The van der Waals surface area contributed by atoms with Gasteiger partial charge in [-0.15, -0.1) is 0 Å². The van der Waals surface area contributed by atoms with Gasteiger partial charge < -0.3 is 10.1 Å². The summed E-state index contributed by atoms with van der Waals surface area (Å²) in [6, 6.07) is 13.3. The first kappa shape index (κ1) is 18.7. The minimum atomic E-state index is -0.387. The van der Waals surface area contributed by atoms with Crippen molar-refractivity contribution in [1.82, 2.24) is 0 Å². The van der Waals surface area contributed by atoms with E-state index in [1.54, 1.807) is 18.2 Å². The van der Waals surface area contributed by atoms with Crippen LogP contribution in [0.3, 0.4) is 0 Å². The van der Waals surface area contributed by atoms with Crippen LogP contribution in [0.15, 0.2) is 42.5 Å². The molecule has 2 aromatic carbocycles. The highest BCUT2D eigenvalue weighted by molar-refractivity contribution is 5.95. The fourth-order valence-electron chi connectivity index (χ4n) is 2.69. The molecule has 0 spiro atoms. The van der Waals surface area contributed by atoms with Gasteiger partial charge in [-0.2, -0.15) is 0 Å². The number of nitrogens with one attached hydrogen (secondary N) is 1. The Morgan fingerprint density at radius 1 is 1.04 bits per heavy atom. The number of ether oxygens (including phenoxy) is 1. The molecule has 1 amide bonds. The Bertz CT molecular complexity index is 748. The molecule has 0 bridgehead atoms. The van der Waals surface area contributed by atoms with Gasteiger partial charge in [0, 0.05) is 5.69 Å². The van der Waals surface area contributed by atoms with Crippen LogP contribution >= 0.6 is 0 Å². The lowest BCUT2D eigenvalue weighted by molar-refractivity contribution is -0.115. The Morgan fingerprint density at radius 2 is 1.68 bits per heavy atom. The molecule has 2 aromatic rings. The molecule has 0 aliphatic carbocycles. The SMILES string of the molecule is COC(=O)c1ccc(NC(=O)Cc2ccc(CC(C)C)cc2)c(C)c1. The third kappa shape index (κ3) is 5.45. The maximum Gasteiger partial charge on any atom is 0.337 e. The van der Waals surface area contributed by atoms with E-state index in [1.807, 2.05) is 19.1 Å². The highest BCUT2D eigenvalue weighted by Gasteiger charge is 2.10. The smallest absolute Gasteiger partial charge is 0.337 e. The van der Waals surface area contributed by atoms with Gasteiger partial charge in [-0.05, 0) is 54.2 Å². The van der Waals surface area contributed by atoms with Crippen LogP contribution < -0.4 is 5.32 Å². The van der Waals surface area contributed by atoms with E-state index in [9.17, 15) is 9.59 Å². The molecule has 0 heterocycles. The Hall–Kier alpha value is -2.62. The van der Waals surface area contributed by atoms with Crippen molar-refractivity contribution in [2.45, 2.75) is 33.6 Å². The number of benzene rings is 2. The molecule has 0 fully saturated rings. The number of carbonyl (C=O) groups excluding carboxylic acids is 2. The zero-order valence-corrected chi connectivity index (χ0v) is 15.3. The van der Waals surface area contributed by atoms with Gasteiger partial charge >= 0.3 is 5.97 Å². The zero-order valence-electron chi connectivity index (χ0n) is 15.3. The van der Waals surface area contributed by atoms with Gasteiger partial charge in [0.1, 0.15) is 0 Å². The van der Waals surface area contributed by atoms with Crippen LogP contribution in [0.2, 0.25) is 0 Å². The molecule has 4 nitrogen and oxygen atoms in total. The monoisotopic (exact) mass is 339 g/mol. The van der Waals surface area contributed by atoms with Gasteiger partial charge in [-0.3, -0.25) is 4.79 Å². The first-order valence-corrected chi connectivity index (χ1v) is 8.45. The van der Waals surface area contributed by atoms with Gasteiger partial charge in [0.05, 0.1) is 19.1 Å². The van der Waals surface area contributed by atoms with E-state index in [0.29, 0.717) is 23.6 Å². The lowest BCUT2D eigenvalue weighted by Crippen LogP contribution is -2.15. The molecule has 132 valence electrons. The first-order chi connectivity index (χ1) is 11.9. The lowest BCUT2D eigenvalue weighted by Gasteiger charge is -2.10. The number of aryl methyl sites for hydroxylation is 1. The van der Waals surface area contributed by atoms with Crippen LogP contribution in [0.5, 0.6) is 0 Å². The minimum Gasteiger partial charge on any atom is -0.465 e. The normalized spacial score (nSPS) is 10.6. The van der Waals surface area contributed by atoms with Gasteiger partial charge in [0.25, 0.3) is 0 Å². The van der Waals surface area contributed by atoms with E-state index in [0.717, 1.165) is 17.5 Å². The lowest BCUT2D eigenvalue weighted by atomic mass is 10.0. The zero-order chi connectivity index (χ0) is 18.4. The summed E-state index contributed by atoms with van der Waals surface area (Å²) in [7, 11) is 1.35. The predicted molar refractivity (Wildman–Crippen MR) is 99.8 cm³/mol. The molecule has 2 rings (SSSR count). The van der Waals surface area contributed by atoms with Crippen molar-refractivity contribution < 1.29 is 14.3 Å². The maximum absolute atomic E-state index is 12.3. The van der Waals surface area contributed by atoms with Crippen LogP contribution in [0, 0.1) is 12.8 Å². The van der Waals surface area contributed by atoms with Crippen molar-refractivity contribution in [3.8, 4) is 0 Å². The number of hydrogen-bond donors (Lipinski definition) is 1. The Morgan fingerprint density at radius 3 is 2.24 bits per heavy atom. The maximum atomic E-state index is 12.3. The first-order valence-electron chi connectivity index (χ1n) is 8.45. The third-order valence-corrected chi connectivity index (χ3v) is 3.95. The summed E-state index contributed by atoms with van der Waals surface area (Å²) in [5.41, 5.74) is 4.26. The number of esters is 1. The Kier molecular flexibility index (Phi) is 6.34. The average molecular weight is 339 g/mol. The summed E-state index contributed by atoms with van der Waals surface area (Å²) in [4.78, 5) is 23.8. The fraction of sp³-hybridized carbons (Fsp3) is 0.333. The van der Waals surface area contributed by atoms with Crippen LogP contribution in [-0.4, -0.2) is 19.0 Å². The molecule has 0 atom stereocenters. The van der Waals surface area contributed by atoms with Gasteiger partial charge in [-0.25, -0.2) is 4.79 Å². The number of amides is 1. The second-order valence-electron chi connectivity index (χ2n) is 6.66. The summed E-state index contributed by atoms with van der Waals surface area (Å²) in [6.07, 6.45) is 1.36. The predicted octanol–water partition coefficient (Wildman–Crippen LogP) is 4.16. The van der Waals surface area contributed by atoms with Crippen molar-refractivity contribution in [2.75, 3.05) is 12.4 Å². The molecular weight excluding hydrogens is 314 g/mol. The second-order valence-corrected chi connectivity index (χ2v) is 6.66. The summed E-state index contributed by atoms with van der Waals surface area (Å²) in [6.45, 7) is 6.23. The number of hydrogen-bond acceptors (Lipinski definition) is 3. The summed E-state index contributed by atoms with van der Waals surface area (Å²) >= 11 is 0. The standard InChI is InChI=1S/C21H25NO3/c1-14(2)11-16-5-7-17(8-6-16)13-20(23)22-19-10-9-18(12-15(19)3)21(24)25-4/h5-10,12,14H,11,13H2,1-4H3,(H,22,23). The van der Waals surface area contributed by atoms with Crippen LogP contribution in [0.4, 0.5) is 5.69 Å². The number of rotatable bonds is 6. The van der Waals surface area contributed by atoms with Crippen LogP contribution in [0.1, 0.15) is 40.9 Å². The van der Waals surface area contributed by atoms with Crippen molar-refractivity contribution in [1.29, 1.82) is 0 Å². The van der Waals surface area contributed by atoms with Gasteiger partial charge in [0.2, 0.25) is 5.91 Å². The van der Waals surface area contributed by atoms with E-state index < -0.39 is 0 Å². The van der Waals surface area contributed by atoms with E-state index in [4.69, 9.17) is 4.74 Å². The highest BCUT2D eigenvalue weighted by atomic mass is 16.5. The summed E-state index contributed by atoms with van der Waals surface area (Å²) < 4.78 is 4.70. The second kappa shape index (κ2) is 8.47. The largest absolute Gasteiger partial charge is 0.465 e. The van der Waals surface area contributed by atoms with Crippen molar-refractivity contribution in [3.05, 3.63) is 64.7 Å². The van der Waals surface area contributed by atoms with E-state index in [1.165, 1.54) is 12.7 Å². The molecule has 0 aromatic heterocycles. The molecule has 0 unspecified atom stereocenters. The van der Waals surface area contributed by atoms with Crippen molar-refractivity contribution in [2.24, 2.45) is 5.92 Å². The van der Waals surface area contributed by atoms with E-state index in [-0.39, 0.29) is 11.9 Å². The number of anilines is 1. The molecule has 4 heteroatoms. The van der Waals surface area contributed by atoms with Gasteiger partial charge in [-0.1, -0.05) is 38.1 Å². The number of methoxy groups -OCH3 is 1. The van der Waals surface area contributed by atoms with Crippen molar-refractivity contribution in [3.63, 3.8) is 0 Å². The quantitative estimate of drug-likeness (QED) is 0.804. The average Bonchev–Trinajstić information content (AvgIpc) is 2.57. The van der Waals surface area contributed by atoms with Gasteiger partial charge in [0.15, 0.2) is 0 Å². The third-order valence-electron chi connectivity index (χ3n) is 3.95. The number of carbonyl (C=O) groups is 2.